The van der Waals surface area contributed by atoms with Gasteiger partial charge in [-0.25, -0.2) is 9.78 Å². The molecule has 21 heavy (non-hydrogen) atoms. The van der Waals surface area contributed by atoms with Gasteiger partial charge in [0.05, 0.1) is 10.7 Å². The molecule has 1 heterocycles. The van der Waals surface area contributed by atoms with Crippen LogP contribution in [0.5, 0.6) is 0 Å². The fourth-order valence-electron chi connectivity index (χ4n) is 1.61. The number of amides is 3. The van der Waals surface area contributed by atoms with Gasteiger partial charge in [-0.05, 0) is 27.2 Å². The lowest BCUT2D eigenvalue weighted by Crippen LogP contribution is -2.50. The molecule has 1 rings (SSSR count). The van der Waals surface area contributed by atoms with Gasteiger partial charge in [0.2, 0.25) is 5.91 Å². The lowest BCUT2D eigenvalue weighted by molar-refractivity contribution is -0.123. The van der Waals surface area contributed by atoms with Crippen LogP contribution < -0.4 is 16.0 Å². The first kappa shape index (κ1) is 17.4. The maximum Gasteiger partial charge on any atom is 0.315 e. The van der Waals surface area contributed by atoms with E-state index in [9.17, 15) is 9.59 Å². The predicted octanol–water partition coefficient (Wildman–Crippen LogP) is 1.60. The molecule has 0 aliphatic heterocycles. The highest BCUT2D eigenvalue weighted by molar-refractivity contribution is 7.09. The van der Waals surface area contributed by atoms with E-state index < -0.39 is 6.04 Å². The van der Waals surface area contributed by atoms with Crippen LogP contribution in [-0.2, 0) is 11.2 Å². The van der Waals surface area contributed by atoms with Crippen LogP contribution in [0.4, 0.5) is 4.79 Å². The van der Waals surface area contributed by atoms with Crippen molar-refractivity contribution in [3.8, 4) is 0 Å². The van der Waals surface area contributed by atoms with E-state index >= 15 is 0 Å². The monoisotopic (exact) mass is 312 g/mol. The Morgan fingerprint density at radius 1 is 1.33 bits per heavy atom. The number of hydrogen-bond acceptors (Lipinski definition) is 4. The fraction of sp³-hybridized carbons (Fsp3) is 0.643. The molecule has 0 spiro atoms. The van der Waals surface area contributed by atoms with Gasteiger partial charge in [-0.3, -0.25) is 4.79 Å². The van der Waals surface area contributed by atoms with Gasteiger partial charge in [-0.1, -0.05) is 6.92 Å². The molecule has 0 aliphatic carbocycles. The molecule has 6 nitrogen and oxygen atoms in total. The van der Waals surface area contributed by atoms with Crippen molar-refractivity contribution >= 4 is 23.3 Å². The molecule has 0 saturated carbocycles. The third-order valence-corrected chi connectivity index (χ3v) is 3.90. The molecule has 0 saturated heterocycles. The molecule has 0 unspecified atom stereocenters. The Morgan fingerprint density at radius 3 is 2.62 bits per heavy atom. The standard InChI is InChI=1S/C14H24N4O2S/c1-5-9(2)16-13(19)10(3)17-14(20)15-7-6-12-8-21-11(4)18-12/h8-10H,5-7H2,1-4H3,(H,16,19)(H2,15,17,20)/t9-,10-/m1/s1. The molecule has 1 aromatic heterocycles. The van der Waals surface area contributed by atoms with E-state index in [4.69, 9.17) is 0 Å². The summed E-state index contributed by atoms with van der Waals surface area (Å²) in [5.74, 6) is -0.172. The second-order valence-corrected chi connectivity index (χ2v) is 6.11. The first-order valence-corrected chi connectivity index (χ1v) is 8.06. The second-order valence-electron chi connectivity index (χ2n) is 5.05. The minimum atomic E-state index is -0.555. The van der Waals surface area contributed by atoms with Crippen molar-refractivity contribution in [2.45, 2.75) is 52.6 Å². The van der Waals surface area contributed by atoms with E-state index in [1.165, 1.54) is 0 Å². The zero-order valence-electron chi connectivity index (χ0n) is 13.0. The summed E-state index contributed by atoms with van der Waals surface area (Å²) in [6.45, 7) is 8.04. The quantitative estimate of drug-likeness (QED) is 0.715. The van der Waals surface area contributed by atoms with Crippen molar-refractivity contribution in [1.82, 2.24) is 20.9 Å². The number of hydrogen-bond donors (Lipinski definition) is 3. The topological polar surface area (TPSA) is 83.1 Å². The minimum Gasteiger partial charge on any atom is -0.352 e. The zero-order chi connectivity index (χ0) is 15.8. The molecule has 0 aromatic carbocycles. The average molecular weight is 312 g/mol. The van der Waals surface area contributed by atoms with E-state index in [-0.39, 0.29) is 18.0 Å². The number of urea groups is 1. The van der Waals surface area contributed by atoms with Gasteiger partial charge >= 0.3 is 6.03 Å². The molecule has 3 amide bonds. The van der Waals surface area contributed by atoms with E-state index in [0.717, 1.165) is 17.1 Å². The summed E-state index contributed by atoms with van der Waals surface area (Å²) in [4.78, 5) is 27.8. The normalized spacial score (nSPS) is 13.3. The zero-order valence-corrected chi connectivity index (χ0v) is 13.8. The second kappa shape index (κ2) is 8.61. The van der Waals surface area contributed by atoms with Crippen LogP contribution >= 0.6 is 11.3 Å². The summed E-state index contributed by atoms with van der Waals surface area (Å²) >= 11 is 1.59. The number of carbonyl (C=O) groups excluding carboxylic acids is 2. The number of rotatable bonds is 7. The van der Waals surface area contributed by atoms with Crippen LogP contribution in [0.15, 0.2) is 5.38 Å². The van der Waals surface area contributed by atoms with Crippen molar-refractivity contribution in [3.63, 3.8) is 0 Å². The van der Waals surface area contributed by atoms with Gasteiger partial charge in [0.25, 0.3) is 0 Å². The Hall–Kier alpha value is -1.63. The molecule has 0 bridgehead atoms. The number of carbonyl (C=O) groups is 2. The Balaban J connectivity index is 2.24. The maximum atomic E-state index is 11.8. The van der Waals surface area contributed by atoms with Crippen LogP contribution in [0.2, 0.25) is 0 Å². The van der Waals surface area contributed by atoms with Gasteiger partial charge in [-0.2, -0.15) is 0 Å². The molecule has 7 heteroatoms. The molecule has 1 aromatic rings. The van der Waals surface area contributed by atoms with Crippen LogP contribution in [0, 0.1) is 6.92 Å². The van der Waals surface area contributed by atoms with Gasteiger partial charge in [-0.15, -0.1) is 11.3 Å². The van der Waals surface area contributed by atoms with E-state index in [1.54, 1.807) is 18.3 Å². The van der Waals surface area contributed by atoms with Gasteiger partial charge < -0.3 is 16.0 Å². The van der Waals surface area contributed by atoms with Gasteiger partial charge in [0, 0.05) is 24.4 Å². The number of nitrogens with zero attached hydrogens (tertiary/aromatic N) is 1. The van der Waals surface area contributed by atoms with Crippen molar-refractivity contribution < 1.29 is 9.59 Å². The maximum absolute atomic E-state index is 11.8. The number of thiazole rings is 1. The SMILES string of the molecule is CC[C@@H](C)NC(=O)[C@@H](C)NC(=O)NCCc1csc(C)n1. The fourth-order valence-corrected chi connectivity index (χ4v) is 2.26. The van der Waals surface area contributed by atoms with E-state index in [0.29, 0.717) is 13.0 Å². The van der Waals surface area contributed by atoms with Crippen molar-refractivity contribution in [1.29, 1.82) is 0 Å². The third kappa shape index (κ3) is 6.57. The smallest absolute Gasteiger partial charge is 0.315 e. The lowest BCUT2D eigenvalue weighted by atomic mass is 10.2. The van der Waals surface area contributed by atoms with Crippen LogP contribution in [0.3, 0.4) is 0 Å². The molecule has 118 valence electrons. The molecule has 2 atom stereocenters. The largest absolute Gasteiger partial charge is 0.352 e. The molecular weight excluding hydrogens is 288 g/mol. The first-order chi connectivity index (χ1) is 9.92. The van der Waals surface area contributed by atoms with Crippen LogP contribution in [-0.4, -0.2) is 35.6 Å². The third-order valence-electron chi connectivity index (χ3n) is 3.08. The highest BCUT2D eigenvalue weighted by Gasteiger charge is 2.16. The molecule has 3 N–H and O–H groups in total. The summed E-state index contributed by atoms with van der Waals surface area (Å²) in [6.07, 6.45) is 1.54. The Bertz CT molecular complexity index is 475. The minimum absolute atomic E-state index is 0.109. The van der Waals surface area contributed by atoms with Crippen molar-refractivity contribution in [2.24, 2.45) is 0 Å². The Labute approximate surface area is 129 Å². The lowest BCUT2D eigenvalue weighted by Gasteiger charge is -2.17. The van der Waals surface area contributed by atoms with Crippen molar-refractivity contribution in [3.05, 3.63) is 16.1 Å². The predicted molar refractivity (Wildman–Crippen MR) is 84.4 cm³/mol. The summed E-state index contributed by atoms with van der Waals surface area (Å²) in [5, 5.41) is 11.2. The molecule has 0 fully saturated rings. The van der Waals surface area contributed by atoms with Crippen molar-refractivity contribution in [2.75, 3.05) is 6.54 Å². The summed E-state index contributed by atoms with van der Waals surface area (Å²) in [5.41, 5.74) is 0.973. The Morgan fingerprint density at radius 2 is 2.05 bits per heavy atom. The molecule has 0 radical (unpaired) electrons. The first-order valence-electron chi connectivity index (χ1n) is 7.18. The molecule has 0 aliphatic rings. The van der Waals surface area contributed by atoms with E-state index in [2.05, 4.69) is 20.9 Å². The molecular formula is C14H24N4O2S. The van der Waals surface area contributed by atoms with Gasteiger partial charge in [0.1, 0.15) is 6.04 Å². The summed E-state index contributed by atoms with van der Waals surface area (Å²) in [7, 11) is 0. The van der Waals surface area contributed by atoms with Gasteiger partial charge in [0.15, 0.2) is 0 Å². The summed E-state index contributed by atoms with van der Waals surface area (Å²) in [6, 6.07) is -0.785. The summed E-state index contributed by atoms with van der Waals surface area (Å²) < 4.78 is 0. The number of nitrogens with one attached hydrogen (secondary N) is 3. The number of aryl methyl sites for hydroxylation is 1. The number of aromatic nitrogens is 1. The average Bonchev–Trinajstić information content (AvgIpc) is 2.84. The highest BCUT2D eigenvalue weighted by Crippen LogP contribution is 2.07. The van der Waals surface area contributed by atoms with Crippen LogP contribution in [0.25, 0.3) is 0 Å². The van der Waals surface area contributed by atoms with E-state index in [1.807, 2.05) is 26.2 Å². The Kier molecular flexibility index (Phi) is 7.14. The highest BCUT2D eigenvalue weighted by atomic mass is 32.1. The van der Waals surface area contributed by atoms with Crippen LogP contribution in [0.1, 0.15) is 37.9 Å².